The topological polar surface area (TPSA) is 64.3 Å². The molecular formula is C14H15ClN2O2S. The maximum Gasteiger partial charge on any atom is 0.258 e. The summed E-state index contributed by atoms with van der Waals surface area (Å²) >= 11 is 7.31. The van der Waals surface area contributed by atoms with E-state index in [1.807, 2.05) is 25.1 Å². The first kappa shape index (κ1) is 14.7. The number of rotatable bonds is 5. The second-order valence-corrected chi connectivity index (χ2v) is 6.00. The summed E-state index contributed by atoms with van der Waals surface area (Å²) in [5, 5.41) is 2.85. The zero-order valence-corrected chi connectivity index (χ0v) is 12.5. The lowest BCUT2D eigenvalue weighted by molar-refractivity contribution is -0.123. The van der Waals surface area contributed by atoms with Gasteiger partial charge in [0.15, 0.2) is 6.61 Å². The van der Waals surface area contributed by atoms with Crippen LogP contribution in [0.15, 0.2) is 36.4 Å². The number of carbonyl (C=O) groups is 1. The van der Waals surface area contributed by atoms with Crippen molar-refractivity contribution >= 4 is 34.5 Å². The molecule has 3 N–H and O–H groups in total. The van der Waals surface area contributed by atoms with Gasteiger partial charge in [0, 0.05) is 4.88 Å². The zero-order chi connectivity index (χ0) is 14.5. The smallest absolute Gasteiger partial charge is 0.258 e. The standard InChI is InChI=1S/C14H15ClN2O2S/c1-9(12-6-7-13(15)20-12)17-14(18)8-19-11-5-3-2-4-10(11)16/h2-7,9H,8,16H2,1H3,(H,17,18). The fourth-order valence-corrected chi connectivity index (χ4v) is 2.73. The molecule has 0 saturated heterocycles. The summed E-state index contributed by atoms with van der Waals surface area (Å²) in [6, 6.07) is 10.7. The van der Waals surface area contributed by atoms with Crippen LogP contribution in [-0.2, 0) is 4.79 Å². The Hall–Kier alpha value is -1.72. The van der Waals surface area contributed by atoms with Crippen LogP contribution in [0.2, 0.25) is 4.34 Å². The van der Waals surface area contributed by atoms with E-state index in [-0.39, 0.29) is 18.6 Å². The summed E-state index contributed by atoms with van der Waals surface area (Å²) in [4.78, 5) is 12.8. The minimum atomic E-state index is -0.203. The number of ether oxygens (including phenoxy) is 1. The van der Waals surface area contributed by atoms with E-state index in [1.54, 1.807) is 18.2 Å². The minimum absolute atomic E-state index is 0.0718. The molecule has 0 radical (unpaired) electrons. The number of halogens is 1. The highest BCUT2D eigenvalue weighted by Crippen LogP contribution is 2.26. The van der Waals surface area contributed by atoms with Crippen molar-refractivity contribution in [2.24, 2.45) is 0 Å². The van der Waals surface area contributed by atoms with Crippen molar-refractivity contribution in [1.82, 2.24) is 5.32 Å². The molecule has 2 aromatic rings. The molecule has 1 unspecified atom stereocenters. The predicted molar refractivity (Wildman–Crippen MR) is 82.2 cm³/mol. The lowest BCUT2D eigenvalue weighted by Crippen LogP contribution is -2.31. The van der Waals surface area contributed by atoms with E-state index in [4.69, 9.17) is 22.1 Å². The van der Waals surface area contributed by atoms with Crippen molar-refractivity contribution < 1.29 is 9.53 Å². The molecule has 1 atom stereocenters. The van der Waals surface area contributed by atoms with Gasteiger partial charge in [0.05, 0.1) is 16.1 Å². The van der Waals surface area contributed by atoms with Crippen molar-refractivity contribution in [3.05, 3.63) is 45.6 Å². The molecule has 4 nitrogen and oxygen atoms in total. The van der Waals surface area contributed by atoms with Crippen LogP contribution in [0.4, 0.5) is 5.69 Å². The third kappa shape index (κ3) is 3.88. The fourth-order valence-electron chi connectivity index (χ4n) is 1.67. The molecule has 6 heteroatoms. The lowest BCUT2D eigenvalue weighted by atomic mass is 10.3. The van der Waals surface area contributed by atoms with Gasteiger partial charge in [-0.15, -0.1) is 11.3 Å². The third-order valence-electron chi connectivity index (χ3n) is 2.68. The Kier molecular flexibility index (Phi) is 4.87. The second-order valence-electron chi connectivity index (χ2n) is 4.26. The average Bonchev–Trinajstić information content (AvgIpc) is 2.84. The van der Waals surface area contributed by atoms with Gasteiger partial charge in [0.2, 0.25) is 0 Å². The van der Waals surface area contributed by atoms with Crippen molar-refractivity contribution in [1.29, 1.82) is 0 Å². The first-order valence-corrected chi connectivity index (χ1v) is 7.27. The normalized spacial score (nSPS) is 11.9. The number of nitrogens with one attached hydrogen (secondary N) is 1. The number of nitrogen functional groups attached to an aromatic ring is 1. The summed E-state index contributed by atoms with van der Waals surface area (Å²) in [5.41, 5.74) is 6.24. The molecule has 0 fully saturated rings. The number of amides is 1. The number of thiophene rings is 1. The molecule has 0 spiro atoms. The Morgan fingerprint density at radius 2 is 2.15 bits per heavy atom. The van der Waals surface area contributed by atoms with Crippen molar-refractivity contribution in [2.75, 3.05) is 12.3 Å². The first-order chi connectivity index (χ1) is 9.56. The van der Waals surface area contributed by atoms with Crippen LogP contribution < -0.4 is 15.8 Å². The number of para-hydroxylation sites is 2. The molecule has 2 rings (SSSR count). The molecule has 1 aromatic heterocycles. The molecule has 0 aliphatic carbocycles. The van der Waals surface area contributed by atoms with Gasteiger partial charge in [0.25, 0.3) is 5.91 Å². The molecule has 0 aliphatic heterocycles. The molecule has 0 saturated carbocycles. The molecule has 106 valence electrons. The Morgan fingerprint density at radius 3 is 2.80 bits per heavy atom. The van der Waals surface area contributed by atoms with E-state index < -0.39 is 0 Å². The van der Waals surface area contributed by atoms with Crippen LogP contribution in [0, 0.1) is 0 Å². The average molecular weight is 311 g/mol. The summed E-state index contributed by atoms with van der Waals surface area (Å²) in [6.45, 7) is 1.83. The van der Waals surface area contributed by atoms with E-state index >= 15 is 0 Å². The third-order valence-corrected chi connectivity index (χ3v) is 4.09. The van der Waals surface area contributed by atoms with Crippen molar-refractivity contribution in [2.45, 2.75) is 13.0 Å². The quantitative estimate of drug-likeness (QED) is 0.833. The van der Waals surface area contributed by atoms with E-state index in [2.05, 4.69) is 5.32 Å². The summed E-state index contributed by atoms with van der Waals surface area (Å²) in [7, 11) is 0. The van der Waals surface area contributed by atoms with Crippen LogP contribution in [0.25, 0.3) is 0 Å². The highest BCUT2D eigenvalue weighted by atomic mass is 35.5. The van der Waals surface area contributed by atoms with Crippen LogP contribution in [0.1, 0.15) is 17.8 Å². The minimum Gasteiger partial charge on any atom is -0.482 e. The molecule has 0 bridgehead atoms. The van der Waals surface area contributed by atoms with Gasteiger partial charge < -0.3 is 15.8 Å². The van der Waals surface area contributed by atoms with Gasteiger partial charge >= 0.3 is 0 Å². The van der Waals surface area contributed by atoms with E-state index in [0.717, 1.165) is 4.88 Å². The Morgan fingerprint density at radius 1 is 1.40 bits per heavy atom. The number of nitrogens with two attached hydrogens (primary N) is 1. The van der Waals surface area contributed by atoms with Crippen LogP contribution in [0.5, 0.6) is 5.75 Å². The Labute approximate surface area is 126 Å². The predicted octanol–water partition coefficient (Wildman–Crippen LogP) is 3.24. The highest BCUT2D eigenvalue weighted by Gasteiger charge is 2.12. The first-order valence-electron chi connectivity index (χ1n) is 6.08. The Bertz CT molecular complexity index is 600. The second kappa shape index (κ2) is 6.63. The van der Waals surface area contributed by atoms with E-state index in [9.17, 15) is 4.79 Å². The number of anilines is 1. The SMILES string of the molecule is CC(NC(=O)COc1ccccc1N)c1ccc(Cl)s1. The lowest BCUT2D eigenvalue weighted by Gasteiger charge is -2.13. The van der Waals surface area contributed by atoms with E-state index in [0.29, 0.717) is 15.8 Å². The summed E-state index contributed by atoms with van der Waals surface area (Å²) in [6.07, 6.45) is 0. The van der Waals surface area contributed by atoms with Crippen LogP contribution in [-0.4, -0.2) is 12.5 Å². The maximum atomic E-state index is 11.8. The number of benzene rings is 1. The maximum absolute atomic E-state index is 11.8. The number of carbonyl (C=O) groups excluding carboxylic acids is 1. The van der Waals surface area contributed by atoms with Crippen molar-refractivity contribution in [3.8, 4) is 5.75 Å². The number of hydrogen-bond acceptors (Lipinski definition) is 4. The van der Waals surface area contributed by atoms with Gasteiger partial charge in [-0.2, -0.15) is 0 Å². The van der Waals surface area contributed by atoms with Gasteiger partial charge in [-0.1, -0.05) is 23.7 Å². The summed E-state index contributed by atoms with van der Waals surface area (Å²) in [5.74, 6) is 0.305. The van der Waals surface area contributed by atoms with Gasteiger partial charge in [-0.25, -0.2) is 0 Å². The molecule has 20 heavy (non-hydrogen) atoms. The molecular weight excluding hydrogens is 296 g/mol. The molecule has 1 heterocycles. The molecule has 1 aromatic carbocycles. The zero-order valence-electron chi connectivity index (χ0n) is 10.9. The monoisotopic (exact) mass is 310 g/mol. The van der Waals surface area contributed by atoms with Crippen LogP contribution in [0.3, 0.4) is 0 Å². The van der Waals surface area contributed by atoms with E-state index in [1.165, 1.54) is 11.3 Å². The van der Waals surface area contributed by atoms with Crippen LogP contribution >= 0.6 is 22.9 Å². The van der Waals surface area contributed by atoms with Crippen molar-refractivity contribution in [3.63, 3.8) is 0 Å². The fraction of sp³-hybridized carbons (Fsp3) is 0.214. The summed E-state index contributed by atoms with van der Waals surface area (Å²) < 4.78 is 6.08. The number of hydrogen-bond donors (Lipinski definition) is 2. The molecule has 0 aliphatic rings. The largest absolute Gasteiger partial charge is 0.482 e. The van der Waals surface area contributed by atoms with Gasteiger partial charge in [-0.3, -0.25) is 4.79 Å². The van der Waals surface area contributed by atoms with Gasteiger partial charge in [-0.05, 0) is 31.2 Å². The van der Waals surface area contributed by atoms with Gasteiger partial charge in [0.1, 0.15) is 5.75 Å². The highest BCUT2D eigenvalue weighted by molar-refractivity contribution is 7.16. The molecule has 1 amide bonds. The Balaban J connectivity index is 1.85.